The van der Waals surface area contributed by atoms with E-state index in [1.165, 1.54) is 41.3 Å². The van der Waals surface area contributed by atoms with Gasteiger partial charge in [-0.15, -0.1) is 0 Å². The zero-order valence-corrected chi connectivity index (χ0v) is 13.2. The fourth-order valence-electron chi connectivity index (χ4n) is 3.01. The van der Waals surface area contributed by atoms with Crippen LogP contribution in [0.3, 0.4) is 0 Å². The molecule has 2 nitrogen and oxygen atoms in total. The molecule has 1 aliphatic carbocycles. The number of aryl methyl sites for hydroxylation is 1. The number of aliphatic hydroxyl groups is 1. The minimum absolute atomic E-state index is 0.351. The molecule has 2 N–H and O–H groups in total. The average molecular weight is 326 g/mol. The van der Waals surface area contributed by atoms with Crippen molar-refractivity contribution in [3.05, 3.63) is 33.8 Å². The molecule has 0 bridgehead atoms. The number of hydrogen-bond acceptors (Lipinski definition) is 2. The highest BCUT2D eigenvalue weighted by atomic mass is 79.9. The first-order chi connectivity index (χ1) is 9.20. The molecule has 0 amide bonds. The molecule has 1 aromatic carbocycles. The Morgan fingerprint density at radius 2 is 2.00 bits per heavy atom. The van der Waals surface area contributed by atoms with E-state index in [9.17, 15) is 5.11 Å². The molecule has 2 unspecified atom stereocenters. The van der Waals surface area contributed by atoms with Gasteiger partial charge in [0, 0.05) is 17.6 Å². The summed E-state index contributed by atoms with van der Waals surface area (Å²) in [5.41, 5.74) is 2.61. The SMILES string of the molecule is Cc1cc(CNCC2CCCCC2CO)ccc1Br. The molecule has 0 heterocycles. The van der Waals surface area contributed by atoms with E-state index < -0.39 is 0 Å². The van der Waals surface area contributed by atoms with Crippen LogP contribution in [0.15, 0.2) is 22.7 Å². The van der Waals surface area contributed by atoms with Crippen LogP contribution in [0.25, 0.3) is 0 Å². The molecule has 3 heteroatoms. The van der Waals surface area contributed by atoms with E-state index in [1.54, 1.807) is 0 Å². The first-order valence-corrected chi connectivity index (χ1v) is 8.06. The first kappa shape index (κ1) is 15.0. The predicted octanol–water partition coefficient (Wildman–Crippen LogP) is 3.65. The third-order valence-electron chi connectivity index (χ3n) is 4.26. The first-order valence-electron chi connectivity index (χ1n) is 7.27. The Labute approximate surface area is 124 Å². The van der Waals surface area contributed by atoms with E-state index in [0.717, 1.165) is 13.1 Å². The maximum atomic E-state index is 9.41. The number of nitrogens with one attached hydrogen (secondary N) is 1. The van der Waals surface area contributed by atoms with Gasteiger partial charge in [0.15, 0.2) is 0 Å². The van der Waals surface area contributed by atoms with Crippen molar-refractivity contribution >= 4 is 15.9 Å². The summed E-state index contributed by atoms with van der Waals surface area (Å²) in [6.07, 6.45) is 5.06. The lowest BCUT2D eigenvalue weighted by Gasteiger charge is -2.30. The van der Waals surface area contributed by atoms with Gasteiger partial charge >= 0.3 is 0 Å². The molecule has 1 aliphatic rings. The number of rotatable bonds is 5. The Balaban J connectivity index is 1.80. The average Bonchev–Trinajstić information content (AvgIpc) is 2.43. The third-order valence-corrected chi connectivity index (χ3v) is 5.15. The Bertz CT molecular complexity index is 408. The van der Waals surface area contributed by atoms with Gasteiger partial charge in [0.05, 0.1) is 0 Å². The molecule has 1 saturated carbocycles. The largest absolute Gasteiger partial charge is 0.396 e. The summed E-state index contributed by atoms with van der Waals surface area (Å²) in [6, 6.07) is 6.50. The Kier molecular flexibility index (Phi) is 5.86. The molecule has 0 spiro atoms. The van der Waals surface area contributed by atoms with Crippen molar-refractivity contribution in [2.45, 2.75) is 39.2 Å². The van der Waals surface area contributed by atoms with Crippen molar-refractivity contribution in [2.75, 3.05) is 13.2 Å². The van der Waals surface area contributed by atoms with E-state index in [0.29, 0.717) is 18.4 Å². The van der Waals surface area contributed by atoms with Gasteiger partial charge in [-0.05, 0) is 55.3 Å². The van der Waals surface area contributed by atoms with Gasteiger partial charge < -0.3 is 10.4 Å². The molecule has 0 saturated heterocycles. The van der Waals surface area contributed by atoms with Crippen LogP contribution in [0, 0.1) is 18.8 Å². The zero-order valence-electron chi connectivity index (χ0n) is 11.7. The molecule has 0 aromatic heterocycles. The van der Waals surface area contributed by atoms with Crippen LogP contribution in [0.1, 0.15) is 36.8 Å². The molecule has 106 valence electrons. The summed E-state index contributed by atoms with van der Waals surface area (Å²) >= 11 is 3.53. The highest BCUT2D eigenvalue weighted by Gasteiger charge is 2.23. The van der Waals surface area contributed by atoms with E-state index in [4.69, 9.17) is 0 Å². The van der Waals surface area contributed by atoms with Crippen LogP contribution in [0.4, 0.5) is 0 Å². The van der Waals surface area contributed by atoms with Crippen molar-refractivity contribution < 1.29 is 5.11 Å². The lowest BCUT2D eigenvalue weighted by atomic mass is 9.79. The highest BCUT2D eigenvalue weighted by Crippen LogP contribution is 2.29. The smallest absolute Gasteiger partial charge is 0.0462 e. The Hall–Kier alpha value is -0.380. The van der Waals surface area contributed by atoms with E-state index in [2.05, 4.69) is 46.4 Å². The second-order valence-corrected chi connectivity index (χ2v) is 6.56. The zero-order chi connectivity index (χ0) is 13.7. The summed E-state index contributed by atoms with van der Waals surface area (Å²) in [7, 11) is 0. The highest BCUT2D eigenvalue weighted by molar-refractivity contribution is 9.10. The summed E-state index contributed by atoms with van der Waals surface area (Å²) in [4.78, 5) is 0. The lowest BCUT2D eigenvalue weighted by Crippen LogP contribution is -2.32. The second kappa shape index (κ2) is 7.41. The van der Waals surface area contributed by atoms with Crippen molar-refractivity contribution in [2.24, 2.45) is 11.8 Å². The minimum atomic E-state index is 0.351. The lowest BCUT2D eigenvalue weighted by molar-refractivity contribution is 0.133. The topological polar surface area (TPSA) is 32.3 Å². The van der Waals surface area contributed by atoms with Crippen LogP contribution in [-0.4, -0.2) is 18.3 Å². The number of benzene rings is 1. The van der Waals surface area contributed by atoms with Crippen LogP contribution < -0.4 is 5.32 Å². The molecule has 2 rings (SSSR count). The van der Waals surface area contributed by atoms with Crippen molar-refractivity contribution in [1.29, 1.82) is 0 Å². The molecule has 1 aromatic rings. The van der Waals surface area contributed by atoms with Gasteiger partial charge in [0.25, 0.3) is 0 Å². The van der Waals surface area contributed by atoms with Gasteiger partial charge in [-0.2, -0.15) is 0 Å². The van der Waals surface area contributed by atoms with Crippen LogP contribution in [0.2, 0.25) is 0 Å². The molecular weight excluding hydrogens is 302 g/mol. The standard InChI is InChI=1S/C16H24BrNO/c1-12-8-13(6-7-16(12)17)9-18-10-14-4-2-3-5-15(14)11-19/h6-8,14-15,18-19H,2-5,9-11H2,1H3. The van der Waals surface area contributed by atoms with Gasteiger partial charge in [-0.25, -0.2) is 0 Å². The quantitative estimate of drug-likeness (QED) is 0.866. The Morgan fingerprint density at radius 1 is 1.26 bits per heavy atom. The summed E-state index contributed by atoms with van der Waals surface area (Å²) < 4.78 is 1.17. The number of aliphatic hydroxyl groups excluding tert-OH is 1. The molecule has 2 atom stereocenters. The summed E-state index contributed by atoms with van der Waals surface area (Å²) in [5, 5.41) is 13.0. The fourth-order valence-corrected chi connectivity index (χ4v) is 3.26. The maximum absolute atomic E-state index is 9.41. The monoisotopic (exact) mass is 325 g/mol. The normalized spacial score (nSPS) is 23.5. The number of hydrogen-bond donors (Lipinski definition) is 2. The van der Waals surface area contributed by atoms with E-state index in [-0.39, 0.29) is 0 Å². The second-order valence-electron chi connectivity index (χ2n) is 5.70. The minimum Gasteiger partial charge on any atom is -0.396 e. The molecule has 0 aliphatic heterocycles. The maximum Gasteiger partial charge on any atom is 0.0462 e. The van der Waals surface area contributed by atoms with Gasteiger partial charge in [0.2, 0.25) is 0 Å². The molecular formula is C16H24BrNO. The summed E-state index contributed by atoms with van der Waals surface area (Å²) in [6.45, 7) is 4.42. The van der Waals surface area contributed by atoms with E-state index in [1.807, 2.05) is 0 Å². The predicted molar refractivity (Wildman–Crippen MR) is 83.1 cm³/mol. The molecule has 1 fully saturated rings. The van der Waals surface area contributed by atoms with Crippen molar-refractivity contribution in [3.63, 3.8) is 0 Å². The van der Waals surface area contributed by atoms with Crippen molar-refractivity contribution in [1.82, 2.24) is 5.32 Å². The van der Waals surface area contributed by atoms with Gasteiger partial charge in [-0.3, -0.25) is 0 Å². The number of halogens is 1. The molecule has 19 heavy (non-hydrogen) atoms. The Morgan fingerprint density at radius 3 is 2.68 bits per heavy atom. The fraction of sp³-hybridized carbons (Fsp3) is 0.625. The van der Waals surface area contributed by atoms with Crippen LogP contribution >= 0.6 is 15.9 Å². The van der Waals surface area contributed by atoms with Crippen LogP contribution in [-0.2, 0) is 6.54 Å². The van der Waals surface area contributed by atoms with E-state index >= 15 is 0 Å². The molecule has 0 radical (unpaired) electrons. The van der Waals surface area contributed by atoms with Crippen LogP contribution in [0.5, 0.6) is 0 Å². The van der Waals surface area contributed by atoms with Gasteiger partial charge in [-0.1, -0.05) is 40.9 Å². The third kappa shape index (κ3) is 4.30. The summed E-state index contributed by atoms with van der Waals surface area (Å²) in [5.74, 6) is 1.16. The van der Waals surface area contributed by atoms with Gasteiger partial charge in [0.1, 0.15) is 0 Å². The van der Waals surface area contributed by atoms with Crippen molar-refractivity contribution in [3.8, 4) is 0 Å².